The Hall–Kier alpha value is -0.780. The summed E-state index contributed by atoms with van der Waals surface area (Å²) in [6.07, 6.45) is 1.39. The molecule has 1 aromatic rings. The number of halogens is 2. The first kappa shape index (κ1) is 15.6. The standard InChI is InChI=1S/C13H15Cl2NO3S/c14-10-2-1-3-11(13(10)15)16-12(17)8-9-4-6-20(18,19)7-5-9/h1-3,9H,4-8H2,(H,16,17). The van der Waals surface area contributed by atoms with Crippen molar-refractivity contribution in [2.75, 3.05) is 16.8 Å². The van der Waals surface area contributed by atoms with Crippen LogP contribution in [-0.4, -0.2) is 25.8 Å². The molecule has 0 aromatic heterocycles. The number of carbonyl (C=O) groups excluding carboxylic acids is 1. The number of anilines is 1. The highest BCUT2D eigenvalue weighted by molar-refractivity contribution is 7.91. The normalized spacial score (nSPS) is 18.7. The van der Waals surface area contributed by atoms with Crippen LogP contribution in [0.3, 0.4) is 0 Å². The van der Waals surface area contributed by atoms with Crippen molar-refractivity contribution < 1.29 is 13.2 Å². The first-order chi connectivity index (χ1) is 9.37. The van der Waals surface area contributed by atoms with Gasteiger partial charge in [-0.1, -0.05) is 29.3 Å². The van der Waals surface area contributed by atoms with E-state index >= 15 is 0 Å². The van der Waals surface area contributed by atoms with Gasteiger partial charge in [0.1, 0.15) is 9.84 Å². The van der Waals surface area contributed by atoms with Gasteiger partial charge in [0.25, 0.3) is 0 Å². The molecule has 0 unspecified atom stereocenters. The van der Waals surface area contributed by atoms with Crippen molar-refractivity contribution in [1.29, 1.82) is 0 Å². The molecule has 1 heterocycles. The third kappa shape index (κ3) is 4.11. The minimum Gasteiger partial charge on any atom is -0.325 e. The summed E-state index contributed by atoms with van der Waals surface area (Å²) in [4.78, 5) is 11.9. The Balaban J connectivity index is 1.92. The van der Waals surface area contributed by atoms with Gasteiger partial charge in [0.2, 0.25) is 5.91 Å². The molecule has 0 atom stereocenters. The van der Waals surface area contributed by atoms with Gasteiger partial charge in [-0.25, -0.2) is 8.42 Å². The third-order valence-corrected chi connectivity index (χ3v) is 5.91. The summed E-state index contributed by atoms with van der Waals surface area (Å²) in [6, 6.07) is 5.03. The average molecular weight is 336 g/mol. The lowest BCUT2D eigenvalue weighted by Gasteiger charge is -2.21. The largest absolute Gasteiger partial charge is 0.325 e. The second kappa shape index (κ2) is 6.33. The maximum absolute atomic E-state index is 11.9. The zero-order valence-electron chi connectivity index (χ0n) is 10.7. The van der Waals surface area contributed by atoms with Crippen LogP contribution in [0.25, 0.3) is 0 Å². The molecular weight excluding hydrogens is 321 g/mol. The van der Waals surface area contributed by atoms with E-state index in [9.17, 15) is 13.2 Å². The second-order valence-corrected chi connectivity index (χ2v) is 8.04. The van der Waals surface area contributed by atoms with Crippen molar-refractivity contribution in [1.82, 2.24) is 0 Å². The lowest BCUT2D eigenvalue weighted by molar-refractivity contribution is -0.117. The molecule has 1 aliphatic heterocycles. The number of sulfone groups is 1. The van der Waals surface area contributed by atoms with Gasteiger partial charge in [-0.2, -0.15) is 0 Å². The fraction of sp³-hybridized carbons (Fsp3) is 0.462. The number of rotatable bonds is 3. The number of amides is 1. The van der Waals surface area contributed by atoms with Gasteiger partial charge >= 0.3 is 0 Å². The van der Waals surface area contributed by atoms with E-state index < -0.39 is 9.84 Å². The predicted octanol–water partition coefficient (Wildman–Crippen LogP) is 3.15. The van der Waals surface area contributed by atoms with Crippen molar-refractivity contribution in [3.63, 3.8) is 0 Å². The van der Waals surface area contributed by atoms with Gasteiger partial charge in [0, 0.05) is 6.42 Å². The summed E-state index contributed by atoms with van der Waals surface area (Å²) in [5.74, 6) is 0.279. The molecule has 0 bridgehead atoms. The summed E-state index contributed by atoms with van der Waals surface area (Å²) in [5.41, 5.74) is 0.479. The van der Waals surface area contributed by atoms with Gasteiger partial charge in [0.15, 0.2) is 0 Å². The van der Waals surface area contributed by atoms with Gasteiger partial charge in [-0.3, -0.25) is 4.79 Å². The van der Waals surface area contributed by atoms with Crippen molar-refractivity contribution in [3.8, 4) is 0 Å². The van der Waals surface area contributed by atoms with Crippen LogP contribution in [0.2, 0.25) is 10.0 Å². The van der Waals surface area contributed by atoms with Crippen LogP contribution in [0.15, 0.2) is 18.2 Å². The number of benzene rings is 1. The molecule has 1 aromatic carbocycles. The molecule has 0 saturated carbocycles. The summed E-state index contributed by atoms with van der Waals surface area (Å²) < 4.78 is 22.6. The highest BCUT2D eigenvalue weighted by Gasteiger charge is 2.25. The molecule has 1 amide bonds. The molecule has 110 valence electrons. The van der Waals surface area contributed by atoms with Crippen LogP contribution < -0.4 is 5.32 Å². The molecule has 4 nitrogen and oxygen atoms in total. The summed E-state index contributed by atoms with van der Waals surface area (Å²) in [6.45, 7) is 0. The average Bonchev–Trinajstić information content (AvgIpc) is 2.38. The molecule has 7 heteroatoms. The molecule has 1 fully saturated rings. The van der Waals surface area contributed by atoms with Crippen LogP contribution in [0.4, 0.5) is 5.69 Å². The Morgan fingerprint density at radius 2 is 1.90 bits per heavy atom. The van der Waals surface area contributed by atoms with Crippen molar-refractivity contribution >= 4 is 44.6 Å². The van der Waals surface area contributed by atoms with E-state index in [0.717, 1.165) is 0 Å². The number of carbonyl (C=O) groups is 1. The highest BCUT2D eigenvalue weighted by atomic mass is 35.5. The smallest absolute Gasteiger partial charge is 0.224 e. The molecule has 0 radical (unpaired) electrons. The minimum absolute atomic E-state index is 0.108. The van der Waals surface area contributed by atoms with Gasteiger partial charge in [-0.05, 0) is 30.9 Å². The summed E-state index contributed by atoms with van der Waals surface area (Å²) >= 11 is 11.9. The topological polar surface area (TPSA) is 63.2 Å². The summed E-state index contributed by atoms with van der Waals surface area (Å²) in [5, 5.41) is 3.41. The SMILES string of the molecule is O=C(CC1CCS(=O)(=O)CC1)Nc1cccc(Cl)c1Cl. The van der Waals surface area contributed by atoms with E-state index in [0.29, 0.717) is 35.0 Å². The monoisotopic (exact) mass is 335 g/mol. The van der Waals surface area contributed by atoms with E-state index in [1.165, 1.54) is 0 Å². The van der Waals surface area contributed by atoms with E-state index in [4.69, 9.17) is 23.2 Å². The number of nitrogens with one attached hydrogen (secondary N) is 1. The van der Waals surface area contributed by atoms with Crippen molar-refractivity contribution in [2.24, 2.45) is 5.92 Å². The molecule has 2 rings (SSSR count). The van der Waals surface area contributed by atoms with Crippen LogP contribution in [0, 0.1) is 5.92 Å². The maximum atomic E-state index is 11.9. The van der Waals surface area contributed by atoms with E-state index in [1.807, 2.05) is 0 Å². The zero-order valence-corrected chi connectivity index (χ0v) is 13.1. The molecule has 1 saturated heterocycles. The van der Waals surface area contributed by atoms with Crippen molar-refractivity contribution in [2.45, 2.75) is 19.3 Å². The Morgan fingerprint density at radius 3 is 2.55 bits per heavy atom. The molecule has 0 spiro atoms. The Morgan fingerprint density at radius 1 is 1.25 bits per heavy atom. The fourth-order valence-electron chi connectivity index (χ4n) is 2.21. The molecule has 20 heavy (non-hydrogen) atoms. The lowest BCUT2D eigenvalue weighted by Crippen LogP contribution is -2.26. The lowest BCUT2D eigenvalue weighted by atomic mass is 9.98. The number of hydrogen-bond donors (Lipinski definition) is 1. The maximum Gasteiger partial charge on any atom is 0.224 e. The van der Waals surface area contributed by atoms with Crippen molar-refractivity contribution in [3.05, 3.63) is 28.2 Å². The molecule has 0 aliphatic carbocycles. The van der Waals surface area contributed by atoms with E-state index in [1.54, 1.807) is 18.2 Å². The minimum atomic E-state index is -2.89. The first-order valence-electron chi connectivity index (χ1n) is 6.32. The first-order valence-corrected chi connectivity index (χ1v) is 8.89. The Bertz CT molecular complexity index is 602. The van der Waals surface area contributed by atoms with E-state index in [-0.39, 0.29) is 23.3 Å². The Labute approximate surface area is 128 Å². The molecule has 1 aliphatic rings. The van der Waals surface area contributed by atoms with Crippen LogP contribution in [-0.2, 0) is 14.6 Å². The Kier molecular flexibility index (Phi) is 4.94. The fourth-order valence-corrected chi connectivity index (χ4v) is 4.14. The predicted molar refractivity (Wildman–Crippen MR) is 81.1 cm³/mol. The quantitative estimate of drug-likeness (QED) is 0.922. The highest BCUT2D eigenvalue weighted by Crippen LogP contribution is 2.30. The number of hydrogen-bond acceptors (Lipinski definition) is 3. The second-order valence-electron chi connectivity index (χ2n) is 4.95. The zero-order chi connectivity index (χ0) is 14.8. The van der Waals surface area contributed by atoms with Crippen LogP contribution in [0.5, 0.6) is 0 Å². The van der Waals surface area contributed by atoms with Crippen LogP contribution in [0.1, 0.15) is 19.3 Å². The van der Waals surface area contributed by atoms with Gasteiger partial charge < -0.3 is 5.32 Å². The van der Waals surface area contributed by atoms with Gasteiger partial charge in [-0.15, -0.1) is 0 Å². The van der Waals surface area contributed by atoms with Crippen LogP contribution >= 0.6 is 23.2 Å². The summed E-state index contributed by atoms with van der Waals surface area (Å²) in [7, 11) is -2.89. The third-order valence-electron chi connectivity index (χ3n) is 3.37. The van der Waals surface area contributed by atoms with Gasteiger partial charge in [0.05, 0.1) is 27.2 Å². The molecular formula is C13H15Cl2NO3S. The molecule has 1 N–H and O–H groups in total. The van der Waals surface area contributed by atoms with E-state index in [2.05, 4.69) is 5.32 Å².